The van der Waals surface area contributed by atoms with Crippen LogP contribution in [0.25, 0.3) is 0 Å². The Kier molecular flexibility index (Phi) is 4.58. The summed E-state index contributed by atoms with van der Waals surface area (Å²) in [5.74, 6) is -0.0212. The van der Waals surface area contributed by atoms with Gasteiger partial charge >= 0.3 is 0 Å². The highest BCUT2D eigenvalue weighted by atomic mass is 16.2. The number of carbonyl (C=O) groups is 2. The van der Waals surface area contributed by atoms with Crippen LogP contribution in [0.2, 0.25) is 0 Å². The summed E-state index contributed by atoms with van der Waals surface area (Å²) < 4.78 is 0. The van der Waals surface area contributed by atoms with Crippen LogP contribution in [0.3, 0.4) is 0 Å². The molecular weight excluding hydrogens is 306 g/mol. The van der Waals surface area contributed by atoms with Crippen molar-refractivity contribution in [2.24, 2.45) is 11.3 Å². The fourth-order valence-electron chi connectivity index (χ4n) is 3.63. The number of hydrogen-bond donors (Lipinski definition) is 3. The molecular formula is C18H25N3O3. The summed E-state index contributed by atoms with van der Waals surface area (Å²) in [7, 11) is 0. The summed E-state index contributed by atoms with van der Waals surface area (Å²) in [6.07, 6.45) is 3.24. The van der Waals surface area contributed by atoms with Crippen molar-refractivity contribution in [3.63, 3.8) is 0 Å². The minimum absolute atomic E-state index is 0.0111. The third kappa shape index (κ3) is 3.59. The van der Waals surface area contributed by atoms with Crippen LogP contribution in [0.1, 0.15) is 59.5 Å². The van der Waals surface area contributed by atoms with Crippen LogP contribution in [0.4, 0.5) is 0 Å². The Labute approximate surface area is 141 Å². The fourth-order valence-corrected chi connectivity index (χ4v) is 3.63. The van der Waals surface area contributed by atoms with Gasteiger partial charge in [0.2, 0.25) is 0 Å². The molecule has 1 fully saturated rings. The lowest BCUT2D eigenvalue weighted by atomic mass is 9.75. The average Bonchev–Trinajstić information content (AvgIpc) is 2.52. The quantitative estimate of drug-likeness (QED) is 0.778. The van der Waals surface area contributed by atoms with Crippen molar-refractivity contribution < 1.29 is 9.59 Å². The van der Waals surface area contributed by atoms with E-state index in [1.165, 1.54) is 6.07 Å². The van der Waals surface area contributed by atoms with Crippen molar-refractivity contribution in [3.8, 4) is 0 Å². The lowest BCUT2D eigenvalue weighted by molar-refractivity contribution is 0.0910. The molecule has 1 aliphatic carbocycles. The van der Waals surface area contributed by atoms with Crippen LogP contribution < -0.4 is 16.2 Å². The zero-order chi connectivity index (χ0) is 17.3. The Morgan fingerprint density at radius 3 is 2.83 bits per heavy atom. The Hall–Kier alpha value is -1.95. The molecule has 1 aromatic rings. The molecule has 1 saturated heterocycles. The molecule has 0 radical (unpaired) electrons. The molecule has 0 saturated carbocycles. The van der Waals surface area contributed by atoms with Crippen LogP contribution in [0.5, 0.6) is 0 Å². The van der Waals surface area contributed by atoms with Crippen molar-refractivity contribution in [3.05, 3.63) is 33.2 Å². The number of nitrogens with one attached hydrogen (secondary N) is 3. The smallest absolute Gasteiger partial charge is 0.261 e. The first kappa shape index (κ1) is 16.9. The number of ketones is 1. The van der Waals surface area contributed by atoms with E-state index in [1.54, 1.807) is 0 Å². The number of hydrogen-bond acceptors (Lipinski definition) is 4. The lowest BCUT2D eigenvalue weighted by Gasteiger charge is -2.29. The van der Waals surface area contributed by atoms with E-state index in [-0.39, 0.29) is 16.8 Å². The molecule has 0 bridgehead atoms. The zero-order valence-electron chi connectivity index (χ0n) is 14.3. The highest BCUT2D eigenvalue weighted by Crippen LogP contribution is 2.33. The summed E-state index contributed by atoms with van der Waals surface area (Å²) >= 11 is 0. The molecule has 1 unspecified atom stereocenters. The van der Waals surface area contributed by atoms with Crippen LogP contribution in [0, 0.1) is 11.3 Å². The van der Waals surface area contributed by atoms with E-state index in [0.29, 0.717) is 36.6 Å². The normalized spacial score (nSPS) is 22.8. The minimum atomic E-state index is -0.418. The van der Waals surface area contributed by atoms with Crippen molar-refractivity contribution in [2.75, 3.05) is 19.6 Å². The number of piperidine rings is 1. The third-order valence-electron chi connectivity index (χ3n) is 4.91. The van der Waals surface area contributed by atoms with Gasteiger partial charge in [0.25, 0.3) is 11.5 Å². The highest BCUT2D eigenvalue weighted by Gasteiger charge is 2.32. The van der Waals surface area contributed by atoms with Gasteiger partial charge in [-0.05, 0) is 49.8 Å². The zero-order valence-corrected chi connectivity index (χ0v) is 14.3. The van der Waals surface area contributed by atoms with Gasteiger partial charge in [0.05, 0.1) is 0 Å². The number of aromatic nitrogens is 1. The van der Waals surface area contributed by atoms with E-state index in [0.717, 1.165) is 25.9 Å². The summed E-state index contributed by atoms with van der Waals surface area (Å²) in [5.41, 5.74) is 0.585. The molecule has 2 aliphatic rings. The molecule has 1 aliphatic heterocycles. The highest BCUT2D eigenvalue weighted by molar-refractivity contribution is 6.02. The molecule has 24 heavy (non-hydrogen) atoms. The molecule has 0 aromatic carbocycles. The lowest BCUT2D eigenvalue weighted by Crippen LogP contribution is -2.40. The second-order valence-electron chi connectivity index (χ2n) is 7.77. The number of carbonyl (C=O) groups excluding carboxylic acids is 2. The van der Waals surface area contributed by atoms with Gasteiger partial charge < -0.3 is 15.6 Å². The van der Waals surface area contributed by atoms with Gasteiger partial charge in [0.15, 0.2) is 5.78 Å². The maximum atomic E-state index is 12.4. The Morgan fingerprint density at radius 2 is 2.12 bits per heavy atom. The van der Waals surface area contributed by atoms with Crippen molar-refractivity contribution >= 4 is 11.7 Å². The van der Waals surface area contributed by atoms with Crippen LogP contribution in [-0.2, 0) is 6.42 Å². The van der Waals surface area contributed by atoms with Gasteiger partial charge in [-0.1, -0.05) is 13.8 Å². The van der Waals surface area contributed by atoms with Crippen molar-refractivity contribution in [1.82, 2.24) is 15.6 Å². The monoisotopic (exact) mass is 331 g/mol. The second-order valence-corrected chi connectivity index (χ2v) is 7.77. The summed E-state index contributed by atoms with van der Waals surface area (Å²) in [4.78, 5) is 39.7. The molecule has 1 atom stereocenters. The Bertz CT molecular complexity index is 715. The second kappa shape index (κ2) is 6.51. The summed E-state index contributed by atoms with van der Waals surface area (Å²) in [6, 6.07) is 1.47. The number of aromatic amines is 1. The molecule has 2 heterocycles. The minimum Gasteiger partial charge on any atom is -0.352 e. The van der Waals surface area contributed by atoms with E-state index >= 15 is 0 Å². The molecule has 3 rings (SSSR count). The maximum Gasteiger partial charge on any atom is 0.261 e. The molecule has 0 spiro atoms. The van der Waals surface area contributed by atoms with Crippen molar-refractivity contribution in [2.45, 2.75) is 39.5 Å². The standard InChI is InChI=1S/C18H25N3O3/c1-18(2)7-14-12(15(22)8-18)6-13(17(24)21-14)16(23)20-10-11-4-3-5-19-9-11/h6,11,19H,3-5,7-10H2,1-2H3,(H,20,23)(H,21,24). The molecule has 3 N–H and O–H groups in total. The number of H-pyrrole nitrogens is 1. The molecule has 130 valence electrons. The van der Waals surface area contributed by atoms with Gasteiger partial charge in [-0.15, -0.1) is 0 Å². The van der Waals surface area contributed by atoms with Gasteiger partial charge in [-0.3, -0.25) is 14.4 Å². The van der Waals surface area contributed by atoms with E-state index in [2.05, 4.69) is 15.6 Å². The number of Topliss-reactive ketones (excluding diaryl/α,β-unsaturated/α-hetero) is 1. The molecule has 6 nitrogen and oxygen atoms in total. The van der Waals surface area contributed by atoms with E-state index in [9.17, 15) is 14.4 Å². The average molecular weight is 331 g/mol. The van der Waals surface area contributed by atoms with Crippen molar-refractivity contribution in [1.29, 1.82) is 0 Å². The van der Waals surface area contributed by atoms with Crippen LogP contribution >= 0.6 is 0 Å². The third-order valence-corrected chi connectivity index (χ3v) is 4.91. The summed E-state index contributed by atoms with van der Waals surface area (Å²) in [6.45, 7) is 6.46. The topological polar surface area (TPSA) is 91.1 Å². The predicted molar refractivity (Wildman–Crippen MR) is 91.4 cm³/mol. The number of amides is 1. The largest absolute Gasteiger partial charge is 0.352 e. The van der Waals surface area contributed by atoms with E-state index < -0.39 is 11.5 Å². The molecule has 1 aromatic heterocycles. The Balaban J connectivity index is 1.76. The van der Waals surface area contributed by atoms with Crippen LogP contribution in [-0.4, -0.2) is 36.3 Å². The Morgan fingerprint density at radius 1 is 1.33 bits per heavy atom. The predicted octanol–water partition coefficient (Wildman–Crippen LogP) is 1.26. The van der Waals surface area contributed by atoms with E-state index in [4.69, 9.17) is 0 Å². The summed E-state index contributed by atoms with van der Waals surface area (Å²) in [5, 5.41) is 6.14. The number of pyridine rings is 1. The van der Waals surface area contributed by atoms with Crippen LogP contribution in [0.15, 0.2) is 10.9 Å². The first-order chi connectivity index (χ1) is 11.4. The maximum absolute atomic E-state index is 12.4. The van der Waals surface area contributed by atoms with Gasteiger partial charge in [-0.2, -0.15) is 0 Å². The van der Waals surface area contributed by atoms with Gasteiger partial charge in [0, 0.05) is 24.2 Å². The van der Waals surface area contributed by atoms with E-state index in [1.807, 2.05) is 13.8 Å². The molecule has 1 amide bonds. The van der Waals surface area contributed by atoms with Gasteiger partial charge in [0.1, 0.15) is 5.56 Å². The first-order valence-electron chi connectivity index (χ1n) is 8.64. The number of rotatable bonds is 3. The number of fused-ring (bicyclic) bond motifs is 1. The molecule has 6 heteroatoms. The van der Waals surface area contributed by atoms with Gasteiger partial charge in [-0.25, -0.2) is 0 Å². The fraction of sp³-hybridized carbons (Fsp3) is 0.611. The first-order valence-corrected chi connectivity index (χ1v) is 8.64. The SMILES string of the molecule is CC1(C)CC(=O)c2cc(C(=O)NCC3CCCNC3)c(=O)[nH]c2C1.